The normalized spacial score (nSPS) is 26.0. The number of nitrogens with one attached hydrogen (secondary N) is 1. The summed E-state index contributed by atoms with van der Waals surface area (Å²) in [6.45, 7) is 0. The summed E-state index contributed by atoms with van der Waals surface area (Å²) in [5, 5.41) is 4.14. The van der Waals surface area contributed by atoms with Crippen LogP contribution in [0.2, 0.25) is 5.15 Å². The zero-order valence-corrected chi connectivity index (χ0v) is 17.7. The molecule has 1 amide bonds. The maximum absolute atomic E-state index is 13.8. The summed E-state index contributed by atoms with van der Waals surface area (Å²) in [5.74, 6) is 1.25. The largest absolute Gasteiger partial charge is 0.323 e. The number of amides is 1. The van der Waals surface area contributed by atoms with E-state index < -0.39 is 6.04 Å². The summed E-state index contributed by atoms with van der Waals surface area (Å²) in [6, 6.07) is 9.64. The molecule has 0 spiro atoms. The Morgan fingerprint density at radius 1 is 1.10 bits per heavy atom. The molecule has 2 aliphatic carbocycles. The fourth-order valence-electron chi connectivity index (χ4n) is 5.60. The molecule has 2 aliphatic rings. The van der Waals surface area contributed by atoms with Crippen LogP contribution in [-0.4, -0.2) is 21.9 Å². The van der Waals surface area contributed by atoms with Crippen LogP contribution < -0.4 is 11.1 Å². The molecule has 160 valence electrons. The molecule has 0 aliphatic heterocycles. The van der Waals surface area contributed by atoms with E-state index in [4.69, 9.17) is 17.3 Å². The maximum Gasteiger partial charge on any atom is 0.241 e. The quantitative estimate of drug-likeness (QED) is 0.567. The molecule has 0 bridgehead atoms. The number of carbonyl (C=O) groups is 1. The molecule has 5 nitrogen and oxygen atoms in total. The number of fused-ring (bicyclic) bond motifs is 2. The minimum atomic E-state index is -0.546. The van der Waals surface area contributed by atoms with Gasteiger partial charge in [0.25, 0.3) is 0 Å². The van der Waals surface area contributed by atoms with Crippen LogP contribution in [0.3, 0.4) is 0 Å². The number of benzene rings is 1. The van der Waals surface area contributed by atoms with E-state index in [-0.39, 0.29) is 17.6 Å². The molecule has 2 fully saturated rings. The van der Waals surface area contributed by atoms with E-state index in [1.807, 2.05) is 12.3 Å². The van der Waals surface area contributed by atoms with Gasteiger partial charge in [-0.3, -0.25) is 9.78 Å². The van der Waals surface area contributed by atoms with Crippen molar-refractivity contribution in [1.29, 1.82) is 0 Å². The predicted molar refractivity (Wildman–Crippen MR) is 119 cm³/mol. The second-order valence-electron chi connectivity index (χ2n) is 8.87. The molecule has 1 aromatic carbocycles. The number of anilines is 1. The molecular weight excluding hydrogens is 415 g/mol. The molecule has 2 heterocycles. The molecule has 5 rings (SSSR count). The maximum atomic E-state index is 13.8. The number of nitrogens with two attached hydrogens (primary N) is 1. The second-order valence-corrected chi connectivity index (χ2v) is 9.25. The summed E-state index contributed by atoms with van der Waals surface area (Å²) in [5.41, 5.74) is 8.95. The third-order valence-corrected chi connectivity index (χ3v) is 7.26. The van der Waals surface area contributed by atoms with E-state index in [0.717, 1.165) is 36.6 Å². The Balaban J connectivity index is 1.24. The van der Waals surface area contributed by atoms with Crippen LogP contribution in [0.25, 0.3) is 10.9 Å². The van der Waals surface area contributed by atoms with Crippen molar-refractivity contribution < 1.29 is 9.18 Å². The van der Waals surface area contributed by atoms with Gasteiger partial charge in [0.05, 0.1) is 23.4 Å². The molecule has 2 unspecified atom stereocenters. The second kappa shape index (κ2) is 8.17. The first kappa shape index (κ1) is 20.3. The van der Waals surface area contributed by atoms with E-state index in [2.05, 4.69) is 15.3 Å². The molecule has 3 aromatic rings. The summed E-state index contributed by atoms with van der Waals surface area (Å²) in [4.78, 5) is 21.0. The van der Waals surface area contributed by atoms with Gasteiger partial charge in [-0.1, -0.05) is 11.6 Å². The monoisotopic (exact) mass is 438 g/mol. The minimum Gasteiger partial charge on any atom is -0.323 e. The highest BCUT2D eigenvalue weighted by Gasteiger charge is 2.45. The van der Waals surface area contributed by atoms with Crippen molar-refractivity contribution in [3.8, 4) is 0 Å². The predicted octanol–water partition coefficient (Wildman–Crippen LogP) is 4.91. The standard InChI is InChI=1S/C24H24ClFN4O/c25-22-4-2-18(12-29-22)30-24(31)23(27)16-9-13-7-15(8-14(13)10-16)19-5-6-28-21-3-1-17(26)11-20(19)21/h1-6,11-16,23H,7-10,27H2,(H,30,31)/t13-,14?,15-,16+,23?/m1/s1. The molecule has 7 heteroatoms. The smallest absolute Gasteiger partial charge is 0.241 e. The van der Waals surface area contributed by atoms with Crippen molar-refractivity contribution in [2.24, 2.45) is 23.5 Å². The third kappa shape index (κ3) is 4.02. The number of pyridine rings is 2. The topological polar surface area (TPSA) is 80.9 Å². The first-order valence-electron chi connectivity index (χ1n) is 10.7. The van der Waals surface area contributed by atoms with Gasteiger partial charge in [-0.2, -0.15) is 0 Å². The van der Waals surface area contributed by atoms with Crippen LogP contribution in [0.1, 0.15) is 37.2 Å². The van der Waals surface area contributed by atoms with Crippen LogP contribution in [0, 0.1) is 23.6 Å². The molecular formula is C24H24ClFN4O. The van der Waals surface area contributed by atoms with Crippen molar-refractivity contribution in [3.05, 3.63) is 65.3 Å². The lowest BCUT2D eigenvalue weighted by Crippen LogP contribution is -2.41. The molecule has 31 heavy (non-hydrogen) atoms. The Morgan fingerprint density at radius 3 is 2.58 bits per heavy atom. The summed E-state index contributed by atoms with van der Waals surface area (Å²) < 4.78 is 13.8. The van der Waals surface area contributed by atoms with Crippen molar-refractivity contribution in [3.63, 3.8) is 0 Å². The van der Waals surface area contributed by atoms with Gasteiger partial charge >= 0.3 is 0 Å². The van der Waals surface area contributed by atoms with Crippen LogP contribution >= 0.6 is 11.6 Å². The number of rotatable bonds is 4. The number of carbonyl (C=O) groups excluding carboxylic acids is 1. The van der Waals surface area contributed by atoms with E-state index >= 15 is 0 Å². The average molecular weight is 439 g/mol. The van der Waals surface area contributed by atoms with Gasteiger partial charge < -0.3 is 11.1 Å². The van der Waals surface area contributed by atoms with E-state index in [1.54, 1.807) is 24.3 Å². The highest BCUT2D eigenvalue weighted by molar-refractivity contribution is 6.29. The van der Waals surface area contributed by atoms with Gasteiger partial charge in [0.15, 0.2) is 0 Å². The Hall–Kier alpha value is -2.57. The number of aromatic nitrogens is 2. The molecule has 2 aromatic heterocycles. The Labute approximate surface area is 185 Å². The zero-order chi connectivity index (χ0) is 21.5. The van der Waals surface area contributed by atoms with Crippen LogP contribution in [0.5, 0.6) is 0 Å². The van der Waals surface area contributed by atoms with E-state index in [9.17, 15) is 9.18 Å². The molecule has 3 N–H and O–H groups in total. The van der Waals surface area contributed by atoms with Gasteiger partial charge in [0.2, 0.25) is 5.91 Å². The number of nitrogens with zero attached hydrogens (tertiary/aromatic N) is 2. The van der Waals surface area contributed by atoms with Crippen molar-refractivity contribution in [2.75, 3.05) is 5.32 Å². The average Bonchev–Trinajstić information content (AvgIpc) is 3.33. The fraction of sp³-hybridized carbons (Fsp3) is 0.375. The van der Waals surface area contributed by atoms with Gasteiger partial charge in [0, 0.05) is 11.6 Å². The summed E-state index contributed by atoms with van der Waals surface area (Å²) in [7, 11) is 0. The number of hydrogen-bond acceptors (Lipinski definition) is 4. The zero-order valence-electron chi connectivity index (χ0n) is 17.0. The van der Waals surface area contributed by atoms with Crippen LogP contribution in [0.4, 0.5) is 10.1 Å². The van der Waals surface area contributed by atoms with E-state index in [0.29, 0.717) is 28.6 Å². The first-order valence-corrected chi connectivity index (χ1v) is 11.1. The first-order chi connectivity index (χ1) is 15.0. The van der Waals surface area contributed by atoms with Crippen LogP contribution in [-0.2, 0) is 4.79 Å². The van der Waals surface area contributed by atoms with Crippen LogP contribution in [0.15, 0.2) is 48.8 Å². The van der Waals surface area contributed by atoms with E-state index in [1.165, 1.54) is 17.8 Å². The van der Waals surface area contributed by atoms with Crippen molar-refractivity contribution in [1.82, 2.24) is 9.97 Å². The fourth-order valence-corrected chi connectivity index (χ4v) is 5.71. The van der Waals surface area contributed by atoms with Gasteiger partial charge in [0.1, 0.15) is 11.0 Å². The number of halogens is 2. The van der Waals surface area contributed by atoms with Crippen molar-refractivity contribution >= 4 is 34.1 Å². The SMILES string of the molecule is NC(C(=O)Nc1ccc(Cl)nc1)[C@@H]1CC2C[C@H](c3ccnc4ccc(F)cc34)C[C@@H]2C1. The minimum absolute atomic E-state index is 0.169. The highest BCUT2D eigenvalue weighted by Crippen LogP contribution is 2.53. The Morgan fingerprint density at radius 2 is 1.87 bits per heavy atom. The highest BCUT2D eigenvalue weighted by atomic mass is 35.5. The summed E-state index contributed by atoms with van der Waals surface area (Å²) in [6.07, 6.45) is 7.34. The third-order valence-electron chi connectivity index (χ3n) is 7.03. The Bertz CT molecular complexity index is 1110. The lowest BCUT2D eigenvalue weighted by Gasteiger charge is -2.21. The molecule has 2 saturated carbocycles. The van der Waals surface area contributed by atoms with Gasteiger partial charge in [-0.15, -0.1) is 0 Å². The molecule has 0 saturated heterocycles. The van der Waals surface area contributed by atoms with Gasteiger partial charge in [-0.25, -0.2) is 9.37 Å². The Kier molecular flexibility index (Phi) is 5.36. The lowest BCUT2D eigenvalue weighted by molar-refractivity contribution is -0.118. The summed E-state index contributed by atoms with van der Waals surface area (Å²) >= 11 is 5.79. The van der Waals surface area contributed by atoms with Gasteiger partial charge in [-0.05, 0) is 91.3 Å². The molecule has 5 atom stereocenters. The number of hydrogen-bond donors (Lipinski definition) is 2. The lowest BCUT2D eigenvalue weighted by atomic mass is 9.88. The van der Waals surface area contributed by atoms with Crippen molar-refractivity contribution in [2.45, 2.75) is 37.6 Å². The molecule has 0 radical (unpaired) electrons.